The van der Waals surface area contributed by atoms with Crippen LogP contribution in [0.5, 0.6) is 0 Å². The predicted octanol–water partition coefficient (Wildman–Crippen LogP) is -0.456. The van der Waals surface area contributed by atoms with Crippen LogP contribution in [0.15, 0.2) is 23.5 Å². The Morgan fingerprint density at radius 1 is 1.68 bits per heavy atom. The van der Waals surface area contributed by atoms with Gasteiger partial charge in [-0.05, 0) is 30.5 Å². The highest BCUT2D eigenvalue weighted by Gasteiger charge is 2.20. The summed E-state index contributed by atoms with van der Waals surface area (Å²) in [6.45, 7) is 1.28. The Morgan fingerprint density at radius 3 is 3.26 bits per heavy atom. The molecule has 1 aromatic rings. The van der Waals surface area contributed by atoms with Crippen molar-refractivity contribution in [2.45, 2.75) is 25.4 Å². The van der Waals surface area contributed by atoms with Crippen molar-refractivity contribution < 1.29 is 10.0 Å². The smallest absolute Gasteiger partial charge is 0.237 e. The highest BCUT2D eigenvalue weighted by molar-refractivity contribution is 5.95. The molecule has 7 nitrogen and oxygen atoms in total. The molecule has 1 aliphatic rings. The van der Waals surface area contributed by atoms with Crippen LogP contribution in [0.2, 0.25) is 0 Å². The van der Waals surface area contributed by atoms with E-state index in [0.29, 0.717) is 12.2 Å². The van der Waals surface area contributed by atoms with Gasteiger partial charge in [0.25, 0.3) is 0 Å². The Bertz CT molecular complexity index is 489. The number of oxime groups is 1. The third kappa shape index (κ3) is 3.41. The number of piperidine rings is 1. The van der Waals surface area contributed by atoms with Gasteiger partial charge in [-0.3, -0.25) is 9.78 Å². The summed E-state index contributed by atoms with van der Waals surface area (Å²) in [6.07, 6.45) is 3.41. The standard InChI is InChI=1S/C12H17N5O2/c13-11(17-19)10-6-8(3-5-14-10)7-16-9-2-1-4-15-12(9)18/h3,5-6,9,16,19H,1-2,4,7H2,(H2,13,17)(H,15,18). The second kappa shape index (κ2) is 6.14. The van der Waals surface area contributed by atoms with Gasteiger partial charge in [-0.1, -0.05) is 5.16 Å². The van der Waals surface area contributed by atoms with Gasteiger partial charge in [-0.2, -0.15) is 0 Å². The van der Waals surface area contributed by atoms with E-state index in [4.69, 9.17) is 10.9 Å². The quantitative estimate of drug-likeness (QED) is 0.254. The number of hydrogen-bond acceptors (Lipinski definition) is 5. The number of aromatic nitrogens is 1. The lowest BCUT2D eigenvalue weighted by Crippen LogP contribution is -2.47. The fourth-order valence-corrected chi connectivity index (χ4v) is 1.98. The van der Waals surface area contributed by atoms with Gasteiger partial charge in [0, 0.05) is 19.3 Å². The molecule has 2 heterocycles. The molecule has 1 aromatic heterocycles. The van der Waals surface area contributed by atoms with Crippen molar-refractivity contribution in [3.8, 4) is 0 Å². The second-order valence-electron chi connectivity index (χ2n) is 4.40. The third-order valence-electron chi connectivity index (χ3n) is 3.03. The molecular formula is C12H17N5O2. The maximum absolute atomic E-state index is 11.6. The molecule has 5 N–H and O–H groups in total. The summed E-state index contributed by atoms with van der Waals surface area (Å²) < 4.78 is 0. The Hall–Kier alpha value is -2.15. The van der Waals surface area contributed by atoms with Crippen molar-refractivity contribution in [1.82, 2.24) is 15.6 Å². The highest BCUT2D eigenvalue weighted by atomic mass is 16.4. The zero-order valence-electron chi connectivity index (χ0n) is 10.5. The lowest BCUT2D eigenvalue weighted by Gasteiger charge is -2.22. The number of pyridine rings is 1. The van der Waals surface area contributed by atoms with Crippen LogP contribution in [0.1, 0.15) is 24.1 Å². The van der Waals surface area contributed by atoms with E-state index in [1.807, 2.05) is 6.07 Å². The van der Waals surface area contributed by atoms with Crippen LogP contribution < -0.4 is 16.4 Å². The van der Waals surface area contributed by atoms with E-state index in [-0.39, 0.29) is 17.8 Å². The van der Waals surface area contributed by atoms with Gasteiger partial charge in [-0.15, -0.1) is 0 Å². The van der Waals surface area contributed by atoms with Crippen LogP contribution in [-0.2, 0) is 11.3 Å². The number of rotatable bonds is 4. The number of nitrogens with zero attached hydrogens (tertiary/aromatic N) is 2. The molecule has 2 rings (SSSR count). The van der Waals surface area contributed by atoms with Gasteiger partial charge in [-0.25, -0.2) is 0 Å². The first-order chi connectivity index (χ1) is 9.20. The summed E-state index contributed by atoms with van der Waals surface area (Å²) in [7, 11) is 0. The summed E-state index contributed by atoms with van der Waals surface area (Å²) in [6, 6.07) is 3.39. The van der Waals surface area contributed by atoms with E-state index in [0.717, 1.165) is 24.9 Å². The molecule has 1 fully saturated rings. The molecule has 0 spiro atoms. The first kappa shape index (κ1) is 13.3. The molecule has 1 aliphatic heterocycles. The normalized spacial score (nSPS) is 20.1. The van der Waals surface area contributed by atoms with Crippen LogP contribution in [0.4, 0.5) is 0 Å². The molecule has 0 aliphatic carbocycles. The van der Waals surface area contributed by atoms with Gasteiger partial charge in [0.05, 0.1) is 6.04 Å². The second-order valence-corrected chi connectivity index (χ2v) is 4.40. The molecule has 0 aromatic carbocycles. The lowest BCUT2D eigenvalue weighted by molar-refractivity contribution is -0.124. The molecule has 102 valence electrons. The van der Waals surface area contributed by atoms with E-state index in [1.54, 1.807) is 12.3 Å². The third-order valence-corrected chi connectivity index (χ3v) is 3.03. The van der Waals surface area contributed by atoms with E-state index in [1.165, 1.54) is 0 Å². The molecule has 1 saturated heterocycles. The minimum atomic E-state index is -0.158. The highest BCUT2D eigenvalue weighted by Crippen LogP contribution is 2.06. The number of nitrogens with two attached hydrogens (primary N) is 1. The van der Waals surface area contributed by atoms with Gasteiger partial charge < -0.3 is 21.6 Å². The van der Waals surface area contributed by atoms with E-state index in [9.17, 15) is 4.79 Å². The average Bonchev–Trinajstić information content (AvgIpc) is 2.46. The maximum Gasteiger partial charge on any atom is 0.237 e. The van der Waals surface area contributed by atoms with Gasteiger partial charge in [0.2, 0.25) is 5.91 Å². The minimum Gasteiger partial charge on any atom is -0.409 e. The Balaban J connectivity index is 1.97. The van der Waals surface area contributed by atoms with Crippen molar-refractivity contribution in [3.05, 3.63) is 29.6 Å². The van der Waals surface area contributed by atoms with E-state index in [2.05, 4.69) is 20.8 Å². The van der Waals surface area contributed by atoms with Crippen LogP contribution in [0.25, 0.3) is 0 Å². The van der Waals surface area contributed by atoms with Crippen molar-refractivity contribution in [1.29, 1.82) is 0 Å². The van der Waals surface area contributed by atoms with Crippen LogP contribution in [-0.4, -0.2) is 34.5 Å². The molecule has 0 radical (unpaired) electrons. The first-order valence-corrected chi connectivity index (χ1v) is 6.14. The van der Waals surface area contributed by atoms with Gasteiger partial charge in [0.1, 0.15) is 5.69 Å². The minimum absolute atomic E-state index is 0.0303. The monoisotopic (exact) mass is 263 g/mol. The van der Waals surface area contributed by atoms with Crippen LogP contribution in [0.3, 0.4) is 0 Å². The first-order valence-electron chi connectivity index (χ1n) is 6.14. The van der Waals surface area contributed by atoms with Crippen molar-refractivity contribution >= 4 is 11.7 Å². The zero-order valence-corrected chi connectivity index (χ0v) is 10.5. The molecule has 7 heteroatoms. The van der Waals surface area contributed by atoms with Crippen molar-refractivity contribution in [2.24, 2.45) is 10.9 Å². The van der Waals surface area contributed by atoms with Crippen LogP contribution >= 0.6 is 0 Å². The van der Waals surface area contributed by atoms with E-state index < -0.39 is 0 Å². The predicted molar refractivity (Wildman–Crippen MR) is 69.6 cm³/mol. The Labute approximate surface area is 110 Å². The number of hydrogen-bond donors (Lipinski definition) is 4. The number of amides is 1. The van der Waals surface area contributed by atoms with Crippen molar-refractivity contribution in [2.75, 3.05) is 6.54 Å². The maximum atomic E-state index is 11.6. The van der Waals surface area contributed by atoms with Crippen LogP contribution in [0, 0.1) is 0 Å². The fourth-order valence-electron chi connectivity index (χ4n) is 1.98. The Kier molecular flexibility index (Phi) is 4.30. The number of amidine groups is 1. The molecule has 1 atom stereocenters. The number of nitrogens with one attached hydrogen (secondary N) is 2. The molecule has 1 amide bonds. The summed E-state index contributed by atoms with van der Waals surface area (Å²) in [4.78, 5) is 15.6. The summed E-state index contributed by atoms with van der Waals surface area (Å²) in [5, 5.41) is 17.5. The SMILES string of the molecule is NC(=NO)c1cc(CNC2CCCNC2=O)ccn1. The van der Waals surface area contributed by atoms with Gasteiger partial charge in [0.15, 0.2) is 5.84 Å². The molecule has 0 saturated carbocycles. The average molecular weight is 263 g/mol. The molecule has 19 heavy (non-hydrogen) atoms. The fraction of sp³-hybridized carbons (Fsp3) is 0.417. The largest absolute Gasteiger partial charge is 0.409 e. The number of carbonyl (C=O) groups is 1. The molecule has 1 unspecified atom stereocenters. The number of carbonyl (C=O) groups excluding carboxylic acids is 1. The lowest BCUT2D eigenvalue weighted by atomic mass is 10.1. The zero-order chi connectivity index (χ0) is 13.7. The topological polar surface area (TPSA) is 113 Å². The summed E-state index contributed by atoms with van der Waals surface area (Å²) in [5.74, 6) is 0.00854. The molecule has 0 bridgehead atoms. The van der Waals surface area contributed by atoms with E-state index >= 15 is 0 Å². The van der Waals surface area contributed by atoms with Gasteiger partial charge >= 0.3 is 0 Å². The Morgan fingerprint density at radius 2 is 2.53 bits per heavy atom. The molecular weight excluding hydrogens is 246 g/mol. The van der Waals surface area contributed by atoms with Crippen molar-refractivity contribution in [3.63, 3.8) is 0 Å². The summed E-state index contributed by atoms with van der Waals surface area (Å²) in [5.41, 5.74) is 6.81. The summed E-state index contributed by atoms with van der Waals surface area (Å²) >= 11 is 0.